The maximum absolute atomic E-state index is 12.0. The van der Waals surface area contributed by atoms with Crippen LogP contribution in [0.5, 0.6) is 0 Å². The van der Waals surface area contributed by atoms with E-state index in [1.165, 1.54) is 6.92 Å². The molecule has 0 heterocycles. The highest BCUT2D eigenvalue weighted by Gasteiger charge is 2.13. The van der Waals surface area contributed by atoms with E-state index < -0.39 is 0 Å². The van der Waals surface area contributed by atoms with Crippen molar-refractivity contribution < 1.29 is 14.7 Å². The Morgan fingerprint density at radius 3 is 2.12 bits per heavy atom. The minimum atomic E-state index is -0.128. The van der Waals surface area contributed by atoms with Crippen molar-refractivity contribution in [2.45, 2.75) is 13.8 Å². The van der Waals surface area contributed by atoms with Gasteiger partial charge in [0.25, 0.3) is 5.91 Å². The van der Waals surface area contributed by atoms with Crippen molar-refractivity contribution in [3.63, 3.8) is 0 Å². The number of benzene rings is 1. The predicted octanol–water partition coefficient (Wildman–Crippen LogP) is 1.34. The van der Waals surface area contributed by atoms with Crippen LogP contribution in [0.25, 0.3) is 0 Å². The van der Waals surface area contributed by atoms with Gasteiger partial charge in [-0.3, -0.25) is 9.59 Å². The van der Waals surface area contributed by atoms with Crippen molar-refractivity contribution in [1.29, 1.82) is 0 Å². The molecule has 4 heteroatoms. The SMILES string of the molecule is CCN(CCO)C(=O)c1ccc(C(C)=O)cc1. The summed E-state index contributed by atoms with van der Waals surface area (Å²) < 4.78 is 0. The Kier molecular flexibility index (Phi) is 4.84. The molecule has 0 atom stereocenters. The van der Waals surface area contributed by atoms with Crippen LogP contribution < -0.4 is 0 Å². The summed E-state index contributed by atoms with van der Waals surface area (Å²) in [5, 5.41) is 8.84. The number of carbonyl (C=O) groups is 2. The van der Waals surface area contributed by atoms with Crippen molar-refractivity contribution in [2.24, 2.45) is 0 Å². The van der Waals surface area contributed by atoms with Gasteiger partial charge in [0, 0.05) is 24.2 Å². The fourth-order valence-electron chi connectivity index (χ4n) is 1.55. The van der Waals surface area contributed by atoms with Crippen molar-refractivity contribution >= 4 is 11.7 Å². The molecule has 1 N–H and O–H groups in total. The number of nitrogens with zero attached hydrogens (tertiary/aromatic N) is 1. The minimum Gasteiger partial charge on any atom is -0.395 e. The Labute approximate surface area is 101 Å². The molecule has 0 saturated carbocycles. The second-order valence-corrected chi connectivity index (χ2v) is 3.74. The molecule has 17 heavy (non-hydrogen) atoms. The summed E-state index contributed by atoms with van der Waals surface area (Å²) in [6.07, 6.45) is 0. The van der Waals surface area contributed by atoms with Gasteiger partial charge in [0.05, 0.1) is 6.61 Å². The van der Waals surface area contributed by atoms with E-state index in [9.17, 15) is 9.59 Å². The van der Waals surface area contributed by atoms with Gasteiger partial charge in [0.2, 0.25) is 0 Å². The third-order valence-electron chi connectivity index (χ3n) is 2.58. The Hall–Kier alpha value is -1.68. The zero-order valence-corrected chi connectivity index (χ0v) is 10.1. The van der Waals surface area contributed by atoms with Gasteiger partial charge in [-0.2, -0.15) is 0 Å². The number of ketones is 1. The van der Waals surface area contributed by atoms with Crippen molar-refractivity contribution in [1.82, 2.24) is 4.90 Å². The molecule has 0 saturated heterocycles. The molecule has 1 aromatic rings. The van der Waals surface area contributed by atoms with Gasteiger partial charge in [-0.15, -0.1) is 0 Å². The summed E-state index contributed by atoms with van der Waals surface area (Å²) in [6.45, 7) is 4.17. The van der Waals surface area contributed by atoms with Crippen molar-refractivity contribution in [2.75, 3.05) is 19.7 Å². The number of carbonyl (C=O) groups excluding carboxylic acids is 2. The summed E-state index contributed by atoms with van der Waals surface area (Å²) in [7, 11) is 0. The summed E-state index contributed by atoms with van der Waals surface area (Å²) in [4.78, 5) is 24.6. The number of amides is 1. The fourth-order valence-corrected chi connectivity index (χ4v) is 1.55. The van der Waals surface area contributed by atoms with E-state index in [2.05, 4.69) is 0 Å². The molecule has 0 bridgehead atoms. The van der Waals surface area contributed by atoms with Crippen LogP contribution in [0.15, 0.2) is 24.3 Å². The number of aliphatic hydroxyl groups is 1. The average Bonchev–Trinajstić information content (AvgIpc) is 2.35. The van der Waals surface area contributed by atoms with Gasteiger partial charge in [-0.05, 0) is 26.0 Å². The first-order chi connectivity index (χ1) is 8.10. The Bertz CT molecular complexity index is 398. The third-order valence-corrected chi connectivity index (χ3v) is 2.58. The van der Waals surface area contributed by atoms with Crippen molar-refractivity contribution in [3.05, 3.63) is 35.4 Å². The molecule has 0 aromatic heterocycles. The lowest BCUT2D eigenvalue weighted by Crippen LogP contribution is -2.33. The number of aliphatic hydroxyl groups excluding tert-OH is 1. The lowest BCUT2D eigenvalue weighted by atomic mass is 10.1. The Morgan fingerprint density at radius 1 is 1.18 bits per heavy atom. The van der Waals surface area contributed by atoms with Gasteiger partial charge in [0.15, 0.2) is 5.78 Å². The van der Waals surface area contributed by atoms with Crippen LogP contribution in [0.1, 0.15) is 34.6 Å². The van der Waals surface area contributed by atoms with Crippen LogP contribution in [0, 0.1) is 0 Å². The second kappa shape index (κ2) is 6.15. The van der Waals surface area contributed by atoms with E-state index in [4.69, 9.17) is 5.11 Å². The molecule has 0 aliphatic carbocycles. The van der Waals surface area contributed by atoms with Crippen LogP contribution in [0.3, 0.4) is 0 Å². The standard InChI is InChI=1S/C13H17NO3/c1-3-14(8-9-15)13(17)12-6-4-11(5-7-12)10(2)16/h4-7,15H,3,8-9H2,1-2H3. The topological polar surface area (TPSA) is 57.6 Å². The van der Waals surface area contributed by atoms with E-state index in [0.717, 1.165) is 0 Å². The molecule has 4 nitrogen and oxygen atoms in total. The van der Waals surface area contributed by atoms with Gasteiger partial charge in [-0.25, -0.2) is 0 Å². The minimum absolute atomic E-state index is 0.0216. The molecule has 0 aliphatic heterocycles. The molecule has 0 spiro atoms. The highest BCUT2D eigenvalue weighted by atomic mass is 16.3. The molecule has 0 unspecified atom stereocenters. The van der Waals surface area contributed by atoms with Gasteiger partial charge >= 0.3 is 0 Å². The van der Waals surface area contributed by atoms with E-state index >= 15 is 0 Å². The van der Waals surface area contributed by atoms with Crippen molar-refractivity contribution in [3.8, 4) is 0 Å². The van der Waals surface area contributed by atoms with E-state index in [-0.39, 0.29) is 18.3 Å². The van der Waals surface area contributed by atoms with E-state index in [1.54, 1.807) is 29.2 Å². The summed E-state index contributed by atoms with van der Waals surface area (Å²) in [6, 6.07) is 6.56. The van der Waals surface area contributed by atoms with E-state index in [0.29, 0.717) is 24.2 Å². The summed E-state index contributed by atoms with van der Waals surface area (Å²) in [5.74, 6) is -0.150. The third kappa shape index (κ3) is 3.39. The molecule has 0 radical (unpaired) electrons. The smallest absolute Gasteiger partial charge is 0.253 e. The monoisotopic (exact) mass is 235 g/mol. The van der Waals surface area contributed by atoms with Crippen LogP contribution in [0.2, 0.25) is 0 Å². The molecule has 92 valence electrons. The lowest BCUT2D eigenvalue weighted by molar-refractivity contribution is 0.0731. The maximum Gasteiger partial charge on any atom is 0.253 e. The van der Waals surface area contributed by atoms with E-state index in [1.807, 2.05) is 6.92 Å². The normalized spacial score (nSPS) is 10.1. The highest BCUT2D eigenvalue weighted by molar-refractivity contribution is 5.97. The molecule has 1 amide bonds. The zero-order valence-electron chi connectivity index (χ0n) is 10.1. The molecular formula is C13H17NO3. The largest absolute Gasteiger partial charge is 0.395 e. The highest BCUT2D eigenvalue weighted by Crippen LogP contribution is 2.08. The number of Topliss-reactive ketones (excluding diaryl/α,β-unsaturated/α-hetero) is 1. The second-order valence-electron chi connectivity index (χ2n) is 3.74. The van der Waals surface area contributed by atoms with Gasteiger partial charge < -0.3 is 10.0 Å². The quantitative estimate of drug-likeness (QED) is 0.784. The number of hydrogen-bond donors (Lipinski definition) is 1. The van der Waals surface area contributed by atoms with Crippen LogP contribution in [-0.4, -0.2) is 41.4 Å². The zero-order chi connectivity index (χ0) is 12.8. The summed E-state index contributed by atoms with van der Waals surface area (Å²) >= 11 is 0. The van der Waals surface area contributed by atoms with Crippen LogP contribution in [-0.2, 0) is 0 Å². The molecule has 1 aromatic carbocycles. The molecule has 0 fully saturated rings. The molecular weight excluding hydrogens is 218 g/mol. The summed E-state index contributed by atoms with van der Waals surface area (Å²) in [5.41, 5.74) is 1.12. The Balaban J connectivity index is 2.85. The van der Waals surface area contributed by atoms with Gasteiger partial charge in [-0.1, -0.05) is 12.1 Å². The first-order valence-electron chi connectivity index (χ1n) is 5.61. The fraction of sp³-hybridized carbons (Fsp3) is 0.385. The first kappa shape index (κ1) is 13.4. The maximum atomic E-state index is 12.0. The first-order valence-corrected chi connectivity index (χ1v) is 5.61. The Morgan fingerprint density at radius 2 is 1.71 bits per heavy atom. The lowest BCUT2D eigenvalue weighted by Gasteiger charge is -2.19. The number of likely N-dealkylation sites (N-methyl/N-ethyl adjacent to an activating group) is 1. The predicted molar refractivity (Wildman–Crippen MR) is 65.1 cm³/mol. The van der Waals surface area contributed by atoms with Crippen LogP contribution in [0.4, 0.5) is 0 Å². The number of rotatable bonds is 5. The molecule has 1 rings (SSSR count). The average molecular weight is 235 g/mol. The molecule has 0 aliphatic rings. The van der Waals surface area contributed by atoms with Gasteiger partial charge in [0.1, 0.15) is 0 Å². The van der Waals surface area contributed by atoms with Crippen LogP contribution >= 0.6 is 0 Å². The number of hydrogen-bond acceptors (Lipinski definition) is 3.